The van der Waals surface area contributed by atoms with Crippen molar-refractivity contribution in [3.63, 3.8) is 0 Å². The molecule has 0 N–H and O–H groups in total. The molecule has 2 amide bonds. The standard InChI is InChI=1S/C26H30Cl2N2O3/c27-21-7-5-20(6-8-21)25(32)30-16-4-13-26(18-30,17-24(31)29-14-2-1-3-15-29)19-33-23-11-9-22(28)10-12-23/h5-12H,1-4,13-19H2. The first-order valence-corrected chi connectivity index (χ1v) is 12.4. The van der Waals surface area contributed by atoms with Crippen LogP contribution in [0.25, 0.3) is 0 Å². The molecule has 1 unspecified atom stereocenters. The van der Waals surface area contributed by atoms with Gasteiger partial charge in [-0.2, -0.15) is 0 Å². The zero-order valence-electron chi connectivity index (χ0n) is 18.8. The van der Waals surface area contributed by atoms with Crippen LogP contribution < -0.4 is 4.74 Å². The van der Waals surface area contributed by atoms with Gasteiger partial charge in [-0.1, -0.05) is 23.2 Å². The molecule has 2 saturated heterocycles. The molecule has 7 heteroatoms. The van der Waals surface area contributed by atoms with Gasteiger partial charge in [-0.05, 0) is 80.6 Å². The lowest BCUT2D eigenvalue weighted by atomic mass is 9.77. The van der Waals surface area contributed by atoms with E-state index in [1.165, 1.54) is 6.42 Å². The van der Waals surface area contributed by atoms with Gasteiger partial charge in [-0.3, -0.25) is 9.59 Å². The number of hydrogen-bond acceptors (Lipinski definition) is 3. The number of amides is 2. The molecule has 2 aromatic rings. The van der Waals surface area contributed by atoms with Gasteiger partial charge >= 0.3 is 0 Å². The van der Waals surface area contributed by atoms with E-state index in [-0.39, 0.29) is 11.8 Å². The van der Waals surface area contributed by atoms with E-state index in [4.69, 9.17) is 27.9 Å². The number of rotatable bonds is 6. The highest BCUT2D eigenvalue weighted by Gasteiger charge is 2.41. The van der Waals surface area contributed by atoms with Crippen LogP contribution in [0.3, 0.4) is 0 Å². The summed E-state index contributed by atoms with van der Waals surface area (Å²) < 4.78 is 6.16. The molecule has 176 valence electrons. The zero-order valence-corrected chi connectivity index (χ0v) is 20.3. The minimum atomic E-state index is -0.436. The van der Waals surface area contributed by atoms with Gasteiger partial charge < -0.3 is 14.5 Å². The van der Waals surface area contributed by atoms with Crippen molar-refractivity contribution in [3.8, 4) is 5.75 Å². The van der Waals surface area contributed by atoms with Crippen molar-refractivity contribution < 1.29 is 14.3 Å². The Hall–Kier alpha value is -2.24. The van der Waals surface area contributed by atoms with Crippen molar-refractivity contribution in [3.05, 3.63) is 64.1 Å². The van der Waals surface area contributed by atoms with E-state index in [1.54, 1.807) is 36.4 Å². The molecule has 2 aliphatic rings. The molecule has 0 spiro atoms. The number of nitrogens with zero attached hydrogens (tertiary/aromatic N) is 2. The topological polar surface area (TPSA) is 49.9 Å². The summed E-state index contributed by atoms with van der Waals surface area (Å²) in [6.07, 6.45) is 5.34. The predicted octanol–water partition coefficient (Wildman–Crippen LogP) is 5.70. The van der Waals surface area contributed by atoms with Crippen LogP contribution >= 0.6 is 23.2 Å². The third-order valence-electron chi connectivity index (χ3n) is 6.63. The Balaban J connectivity index is 1.52. The SMILES string of the molecule is O=C(CC1(COc2ccc(Cl)cc2)CCCN(C(=O)c2ccc(Cl)cc2)C1)N1CCCCC1. The molecule has 2 aliphatic heterocycles. The summed E-state index contributed by atoms with van der Waals surface area (Å²) in [6.45, 7) is 3.17. The second-order valence-electron chi connectivity index (χ2n) is 9.20. The van der Waals surface area contributed by atoms with Gasteiger partial charge in [0, 0.05) is 53.6 Å². The van der Waals surface area contributed by atoms with E-state index in [9.17, 15) is 9.59 Å². The van der Waals surface area contributed by atoms with E-state index in [1.807, 2.05) is 21.9 Å². The molecule has 4 rings (SSSR count). The largest absolute Gasteiger partial charge is 0.493 e. The highest BCUT2D eigenvalue weighted by atomic mass is 35.5. The van der Waals surface area contributed by atoms with Crippen LogP contribution in [-0.2, 0) is 4.79 Å². The minimum absolute atomic E-state index is 0.0346. The van der Waals surface area contributed by atoms with Crippen LogP contribution in [0.2, 0.25) is 10.0 Å². The fraction of sp³-hybridized carbons (Fsp3) is 0.462. The molecule has 0 bridgehead atoms. The summed E-state index contributed by atoms with van der Waals surface area (Å²) in [5, 5.41) is 1.25. The maximum Gasteiger partial charge on any atom is 0.253 e. The summed E-state index contributed by atoms with van der Waals surface area (Å²) in [7, 11) is 0. The summed E-state index contributed by atoms with van der Waals surface area (Å²) in [4.78, 5) is 30.3. The fourth-order valence-electron chi connectivity index (χ4n) is 4.81. The van der Waals surface area contributed by atoms with Crippen molar-refractivity contribution in [2.45, 2.75) is 38.5 Å². The van der Waals surface area contributed by atoms with Crippen molar-refractivity contribution in [2.75, 3.05) is 32.8 Å². The Morgan fingerprint density at radius 1 is 0.818 bits per heavy atom. The number of ether oxygens (including phenoxy) is 1. The molecule has 1 atom stereocenters. The quantitative estimate of drug-likeness (QED) is 0.523. The second kappa shape index (κ2) is 10.8. The van der Waals surface area contributed by atoms with Gasteiger partial charge in [0.25, 0.3) is 5.91 Å². The molecule has 2 heterocycles. The van der Waals surface area contributed by atoms with Crippen LogP contribution in [-0.4, -0.2) is 54.4 Å². The molecule has 0 saturated carbocycles. The van der Waals surface area contributed by atoms with Crippen LogP contribution in [0.5, 0.6) is 5.75 Å². The molecule has 2 aromatic carbocycles. The van der Waals surface area contributed by atoms with Crippen molar-refractivity contribution in [2.24, 2.45) is 5.41 Å². The van der Waals surface area contributed by atoms with E-state index in [2.05, 4.69) is 0 Å². The molecule has 0 radical (unpaired) electrons. The number of carbonyl (C=O) groups excluding carboxylic acids is 2. The Morgan fingerprint density at radius 3 is 2.09 bits per heavy atom. The number of likely N-dealkylation sites (tertiary alicyclic amines) is 2. The lowest BCUT2D eigenvalue weighted by Gasteiger charge is -2.43. The summed E-state index contributed by atoms with van der Waals surface area (Å²) in [5.74, 6) is 0.841. The minimum Gasteiger partial charge on any atom is -0.493 e. The van der Waals surface area contributed by atoms with E-state index >= 15 is 0 Å². The molecular weight excluding hydrogens is 459 g/mol. The van der Waals surface area contributed by atoms with Crippen LogP contribution in [0.15, 0.2) is 48.5 Å². The summed E-state index contributed by atoms with van der Waals surface area (Å²) in [6, 6.07) is 14.2. The van der Waals surface area contributed by atoms with Crippen LogP contribution in [0, 0.1) is 5.41 Å². The van der Waals surface area contributed by atoms with E-state index in [0.717, 1.165) is 38.8 Å². The lowest BCUT2D eigenvalue weighted by Crippen LogP contribution is -2.51. The number of halogens is 2. The molecule has 0 aromatic heterocycles. The molecule has 2 fully saturated rings. The maximum atomic E-state index is 13.2. The second-order valence-corrected chi connectivity index (χ2v) is 10.1. The first kappa shape index (κ1) is 23.9. The van der Waals surface area contributed by atoms with Gasteiger partial charge in [0.1, 0.15) is 5.75 Å². The van der Waals surface area contributed by atoms with Crippen molar-refractivity contribution in [1.82, 2.24) is 9.80 Å². The smallest absolute Gasteiger partial charge is 0.253 e. The Kier molecular flexibility index (Phi) is 7.82. The lowest BCUT2D eigenvalue weighted by molar-refractivity contribution is -0.136. The Labute approximate surface area is 205 Å². The average molecular weight is 489 g/mol. The van der Waals surface area contributed by atoms with Crippen LogP contribution in [0.4, 0.5) is 0 Å². The highest BCUT2D eigenvalue weighted by Crippen LogP contribution is 2.36. The molecule has 0 aliphatic carbocycles. The Bertz CT molecular complexity index is 959. The normalized spacial score (nSPS) is 21.0. The zero-order chi connectivity index (χ0) is 23.3. The molecule has 33 heavy (non-hydrogen) atoms. The van der Waals surface area contributed by atoms with Gasteiger partial charge in [0.05, 0.1) is 6.61 Å². The summed E-state index contributed by atoms with van der Waals surface area (Å²) in [5.41, 5.74) is 0.172. The number of benzene rings is 2. The summed E-state index contributed by atoms with van der Waals surface area (Å²) >= 11 is 12.0. The van der Waals surface area contributed by atoms with Gasteiger partial charge in [-0.15, -0.1) is 0 Å². The molecular formula is C26H30Cl2N2O3. The first-order valence-electron chi connectivity index (χ1n) is 11.7. The van der Waals surface area contributed by atoms with Gasteiger partial charge in [-0.25, -0.2) is 0 Å². The monoisotopic (exact) mass is 488 g/mol. The number of hydrogen-bond donors (Lipinski definition) is 0. The van der Waals surface area contributed by atoms with E-state index in [0.29, 0.717) is 47.5 Å². The maximum absolute atomic E-state index is 13.2. The third-order valence-corrected chi connectivity index (χ3v) is 7.14. The predicted molar refractivity (Wildman–Crippen MR) is 131 cm³/mol. The first-order chi connectivity index (χ1) is 15.9. The fourth-order valence-corrected chi connectivity index (χ4v) is 5.06. The van der Waals surface area contributed by atoms with Crippen molar-refractivity contribution >= 4 is 35.0 Å². The number of carbonyl (C=O) groups is 2. The highest BCUT2D eigenvalue weighted by molar-refractivity contribution is 6.30. The van der Waals surface area contributed by atoms with Crippen LogP contribution in [0.1, 0.15) is 48.9 Å². The average Bonchev–Trinajstić information content (AvgIpc) is 2.84. The Morgan fingerprint density at radius 2 is 1.42 bits per heavy atom. The van der Waals surface area contributed by atoms with E-state index < -0.39 is 5.41 Å². The van der Waals surface area contributed by atoms with Gasteiger partial charge in [0.15, 0.2) is 0 Å². The third kappa shape index (κ3) is 6.21. The number of piperidine rings is 2. The van der Waals surface area contributed by atoms with Crippen molar-refractivity contribution in [1.29, 1.82) is 0 Å². The molecule has 5 nitrogen and oxygen atoms in total. The van der Waals surface area contributed by atoms with Gasteiger partial charge in [0.2, 0.25) is 5.91 Å².